The fraction of sp³-hybridized carbons (Fsp3) is 0.625. The number of hydrogen-bond donors (Lipinski definition) is 1. The topological polar surface area (TPSA) is 15.3 Å². The van der Waals surface area contributed by atoms with Gasteiger partial charge in [-0.1, -0.05) is 13.0 Å². The lowest BCUT2D eigenvalue weighted by molar-refractivity contribution is 0.366. The third-order valence-electron chi connectivity index (χ3n) is 4.05. The molecular weight excluding hydrogens is 220 g/mol. The molecule has 1 aliphatic rings. The van der Waals surface area contributed by atoms with Crippen molar-refractivity contribution in [2.24, 2.45) is 0 Å². The molecule has 2 rings (SSSR count). The van der Waals surface area contributed by atoms with Crippen molar-refractivity contribution < 1.29 is 0 Å². The lowest BCUT2D eigenvalue weighted by Crippen LogP contribution is -2.48. The monoisotopic (exact) mass is 246 g/mol. The van der Waals surface area contributed by atoms with Gasteiger partial charge in [0.1, 0.15) is 0 Å². The summed E-state index contributed by atoms with van der Waals surface area (Å²) in [6.07, 6.45) is 2.40. The van der Waals surface area contributed by atoms with Crippen LogP contribution in [0.5, 0.6) is 0 Å². The van der Waals surface area contributed by atoms with Gasteiger partial charge in [-0.3, -0.25) is 0 Å². The largest absolute Gasteiger partial charge is 0.370 e. The van der Waals surface area contributed by atoms with Crippen LogP contribution in [-0.2, 0) is 0 Å². The fourth-order valence-electron chi connectivity index (χ4n) is 2.81. The van der Waals surface area contributed by atoms with Crippen molar-refractivity contribution in [3.05, 3.63) is 29.3 Å². The van der Waals surface area contributed by atoms with Gasteiger partial charge < -0.3 is 10.2 Å². The van der Waals surface area contributed by atoms with Crippen molar-refractivity contribution in [3.8, 4) is 0 Å². The summed E-state index contributed by atoms with van der Waals surface area (Å²) in [6.45, 7) is 12.4. The molecule has 1 saturated heterocycles. The zero-order chi connectivity index (χ0) is 13.2. The van der Waals surface area contributed by atoms with Gasteiger partial charge >= 0.3 is 0 Å². The van der Waals surface area contributed by atoms with E-state index >= 15 is 0 Å². The standard InChI is InChI=1S/C16H26N2/c1-5-16(4)12-18(8-6-7-17-16)15-10-13(2)9-14(3)11-15/h9-11,17H,5-8,12H2,1-4H3. The minimum Gasteiger partial charge on any atom is -0.370 e. The molecule has 1 heterocycles. The van der Waals surface area contributed by atoms with E-state index in [9.17, 15) is 0 Å². The molecular formula is C16H26N2. The van der Waals surface area contributed by atoms with E-state index in [1.807, 2.05) is 0 Å². The second-order valence-electron chi connectivity index (χ2n) is 5.96. The molecule has 1 unspecified atom stereocenters. The number of hydrogen-bond acceptors (Lipinski definition) is 2. The van der Waals surface area contributed by atoms with Gasteiger partial charge in [-0.25, -0.2) is 0 Å². The smallest absolute Gasteiger partial charge is 0.0372 e. The Labute approximate surface area is 111 Å². The molecule has 0 aliphatic carbocycles. The summed E-state index contributed by atoms with van der Waals surface area (Å²) >= 11 is 0. The van der Waals surface area contributed by atoms with Crippen LogP contribution in [0.2, 0.25) is 0 Å². The number of anilines is 1. The van der Waals surface area contributed by atoms with E-state index in [2.05, 4.69) is 56.1 Å². The fourth-order valence-corrected chi connectivity index (χ4v) is 2.81. The quantitative estimate of drug-likeness (QED) is 0.861. The van der Waals surface area contributed by atoms with Gasteiger partial charge in [0.25, 0.3) is 0 Å². The minimum atomic E-state index is 0.244. The predicted octanol–water partition coefficient (Wildman–Crippen LogP) is 3.27. The van der Waals surface area contributed by atoms with E-state index in [4.69, 9.17) is 0 Å². The molecule has 0 spiro atoms. The van der Waals surface area contributed by atoms with Gasteiger partial charge in [0.15, 0.2) is 0 Å². The van der Waals surface area contributed by atoms with Crippen LogP contribution in [0.25, 0.3) is 0 Å². The zero-order valence-electron chi connectivity index (χ0n) is 12.2. The summed E-state index contributed by atoms with van der Waals surface area (Å²) in [5.74, 6) is 0. The molecule has 0 amide bonds. The van der Waals surface area contributed by atoms with Crippen LogP contribution in [0.3, 0.4) is 0 Å². The van der Waals surface area contributed by atoms with E-state index in [1.54, 1.807) is 0 Å². The van der Waals surface area contributed by atoms with Gasteiger partial charge in [0, 0.05) is 24.3 Å². The van der Waals surface area contributed by atoms with Crippen LogP contribution in [0, 0.1) is 13.8 Å². The van der Waals surface area contributed by atoms with Crippen molar-refractivity contribution >= 4 is 5.69 Å². The Balaban J connectivity index is 2.25. The zero-order valence-corrected chi connectivity index (χ0v) is 12.2. The first-order valence-electron chi connectivity index (χ1n) is 7.11. The highest BCUT2D eigenvalue weighted by atomic mass is 15.2. The van der Waals surface area contributed by atoms with Crippen LogP contribution in [-0.4, -0.2) is 25.2 Å². The molecule has 1 aromatic carbocycles. The van der Waals surface area contributed by atoms with Crippen molar-refractivity contribution in [1.82, 2.24) is 5.32 Å². The molecule has 1 aromatic rings. The van der Waals surface area contributed by atoms with Crippen LogP contribution < -0.4 is 10.2 Å². The molecule has 18 heavy (non-hydrogen) atoms. The van der Waals surface area contributed by atoms with Crippen LogP contribution in [0.15, 0.2) is 18.2 Å². The highest BCUT2D eigenvalue weighted by molar-refractivity contribution is 5.51. The third kappa shape index (κ3) is 3.05. The lowest BCUT2D eigenvalue weighted by Gasteiger charge is -2.34. The molecule has 0 bridgehead atoms. The first kappa shape index (κ1) is 13.4. The maximum Gasteiger partial charge on any atom is 0.0372 e. The molecule has 0 saturated carbocycles. The predicted molar refractivity (Wildman–Crippen MR) is 79.4 cm³/mol. The first-order valence-corrected chi connectivity index (χ1v) is 7.11. The van der Waals surface area contributed by atoms with E-state index in [0.717, 1.165) is 19.6 Å². The number of benzene rings is 1. The summed E-state index contributed by atoms with van der Waals surface area (Å²) in [4.78, 5) is 2.55. The Bertz CT molecular complexity index is 393. The highest BCUT2D eigenvalue weighted by Gasteiger charge is 2.27. The van der Waals surface area contributed by atoms with Gasteiger partial charge in [0.05, 0.1) is 0 Å². The molecule has 1 N–H and O–H groups in total. The maximum atomic E-state index is 3.69. The normalized spacial score (nSPS) is 25.0. The third-order valence-corrected chi connectivity index (χ3v) is 4.05. The van der Waals surface area contributed by atoms with Gasteiger partial charge in [-0.2, -0.15) is 0 Å². The number of rotatable bonds is 2. The Morgan fingerprint density at radius 2 is 1.89 bits per heavy atom. The van der Waals surface area contributed by atoms with E-state index in [1.165, 1.54) is 29.7 Å². The van der Waals surface area contributed by atoms with Gasteiger partial charge in [-0.15, -0.1) is 0 Å². The van der Waals surface area contributed by atoms with E-state index < -0.39 is 0 Å². The maximum absolute atomic E-state index is 3.69. The average molecular weight is 246 g/mol. The summed E-state index contributed by atoms with van der Waals surface area (Å²) in [5, 5.41) is 3.69. The van der Waals surface area contributed by atoms with E-state index in [0.29, 0.717) is 0 Å². The number of aryl methyl sites for hydroxylation is 2. The van der Waals surface area contributed by atoms with Gasteiger partial charge in [0.2, 0.25) is 0 Å². The minimum absolute atomic E-state index is 0.244. The number of nitrogens with zero attached hydrogens (tertiary/aromatic N) is 1. The van der Waals surface area contributed by atoms with Crippen molar-refractivity contribution in [1.29, 1.82) is 0 Å². The summed E-state index contributed by atoms with van der Waals surface area (Å²) in [5.41, 5.74) is 4.35. The van der Waals surface area contributed by atoms with Crippen LogP contribution in [0.1, 0.15) is 37.8 Å². The summed E-state index contributed by atoms with van der Waals surface area (Å²) < 4.78 is 0. The van der Waals surface area contributed by atoms with Crippen LogP contribution >= 0.6 is 0 Å². The van der Waals surface area contributed by atoms with Gasteiger partial charge in [-0.05, 0) is 63.4 Å². The second-order valence-corrected chi connectivity index (χ2v) is 5.96. The van der Waals surface area contributed by atoms with E-state index in [-0.39, 0.29) is 5.54 Å². The Hall–Kier alpha value is -1.02. The molecule has 1 aliphatic heterocycles. The van der Waals surface area contributed by atoms with Crippen molar-refractivity contribution in [2.75, 3.05) is 24.5 Å². The average Bonchev–Trinajstić information content (AvgIpc) is 2.51. The second kappa shape index (κ2) is 5.31. The Morgan fingerprint density at radius 1 is 1.22 bits per heavy atom. The first-order chi connectivity index (χ1) is 8.52. The molecule has 2 heteroatoms. The SMILES string of the molecule is CCC1(C)CN(c2cc(C)cc(C)c2)CCCN1. The Kier molecular flexibility index (Phi) is 3.96. The summed E-state index contributed by atoms with van der Waals surface area (Å²) in [6, 6.07) is 6.88. The molecule has 2 nitrogen and oxygen atoms in total. The van der Waals surface area contributed by atoms with Crippen molar-refractivity contribution in [3.63, 3.8) is 0 Å². The summed E-state index contributed by atoms with van der Waals surface area (Å²) in [7, 11) is 0. The molecule has 0 radical (unpaired) electrons. The highest BCUT2D eigenvalue weighted by Crippen LogP contribution is 2.24. The number of nitrogens with one attached hydrogen (secondary N) is 1. The van der Waals surface area contributed by atoms with Crippen LogP contribution in [0.4, 0.5) is 5.69 Å². The molecule has 1 atom stereocenters. The Morgan fingerprint density at radius 3 is 2.50 bits per heavy atom. The molecule has 1 fully saturated rings. The molecule has 0 aromatic heterocycles. The molecule has 100 valence electrons. The lowest BCUT2D eigenvalue weighted by atomic mass is 9.98. The van der Waals surface area contributed by atoms with Crippen molar-refractivity contribution in [2.45, 2.75) is 46.1 Å².